The van der Waals surface area contributed by atoms with Crippen molar-refractivity contribution < 1.29 is 19.1 Å². The first-order chi connectivity index (χ1) is 15.6. The van der Waals surface area contributed by atoms with Gasteiger partial charge >= 0.3 is 12.0 Å². The standard InChI is InChI=1S/C24H26N4O4/c1-3-32-23(29)22-20-16-27(24(30)25-15-17-7-5-4-6-8-17)14-13-21(20)28(26-22)18-9-11-19(31-2)12-10-18/h4-12H,3,13-16H2,1-2H3,(H,25,30). The zero-order valence-corrected chi connectivity index (χ0v) is 18.2. The number of hydrogen-bond donors (Lipinski definition) is 1. The number of hydrogen-bond acceptors (Lipinski definition) is 5. The third kappa shape index (κ3) is 4.44. The first-order valence-corrected chi connectivity index (χ1v) is 10.6. The van der Waals surface area contributed by atoms with Gasteiger partial charge in [0.1, 0.15) is 5.75 Å². The number of nitrogens with one attached hydrogen (secondary N) is 1. The molecule has 2 aromatic carbocycles. The van der Waals surface area contributed by atoms with Gasteiger partial charge in [-0.1, -0.05) is 30.3 Å². The van der Waals surface area contributed by atoms with Crippen molar-refractivity contribution in [3.63, 3.8) is 0 Å². The maximum atomic E-state index is 12.8. The second kappa shape index (κ2) is 9.55. The largest absolute Gasteiger partial charge is 0.497 e. The molecule has 0 radical (unpaired) electrons. The Bertz CT molecular complexity index is 1090. The van der Waals surface area contributed by atoms with E-state index in [4.69, 9.17) is 9.47 Å². The Hall–Kier alpha value is -3.81. The smallest absolute Gasteiger partial charge is 0.359 e. The molecule has 32 heavy (non-hydrogen) atoms. The van der Waals surface area contributed by atoms with Crippen LogP contribution in [-0.4, -0.2) is 46.9 Å². The summed E-state index contributed by atoms with van der Waals surface area (Å²) in [6, 6.07) is 17.0. The fourth-order valence-electron chi connectivity index (χ4n) is 3.78. The quantitative estimate of drug-likeness (QED) is 0.602. The van der Waals surface area contributed by atoms with E-state index in [1.165, 1.54) is 0 Å². The molecule has 8 heteroatoms. The number of aromatic nitrogens is 2. The van der Waals surface area contributed by atoms with Gasteiger partial charge in [-0.15, -0.1) is 0 Å². The number of rotatable bonds is 6. The highest BCUT2D eigenvalue weighted by molar-refractivity contribution is 5.89. The molecule has 1 N–H and O–H groups in total. The van der Waals surface area contributed by atoms with Crippen molar-refractivity contribution >= 4 is 12.0 Å². The van der Waals surface area contributed by atoms with Gasteiger partial charge in [-0.3, -0.25) is 0 Å². The summed E-state index contributed by atoms with van der Waals surface area (Å²) in [5, 5.41) is 7.52. The van der Waals surface area contributed by atoms with E-state index in [2.05, 4.69) is 10.4 Å². The molecule has 0 atom stereocenters. The van der Waals surface area contributed by atoms with E-state index in [1.54, 1.807) is 23.6 Å². The molecule has 3 aromatic rings. The molecule has 1 aliphatic heterocycles. The van der Waals surface area contributed by atoms with Crippen LogP contribution < -0.4 is 10.1 Å². The number of nitrogens with zero attached hydrogens (tertiary/aromatic N) is 3. The molecule has 0 saturated heterocycles. The number of ether oxygens (including phenoxy) is 2. The van der Waals surface area contributed by atoms with E-state index in [1.807, 2.05) is 54.6 Å². The predicted octanol–water partition coefficient (Wildman–Crippen LogP) is 3.33. The third-order valence-corrected chi connectivity index (χ3v) is 5.42. The minimum atomic E-state index is -0.484. The molecule has 8 nitrogen and oxygen atoms in total. The first-order valence-electron chi connectivity index (χ1n) is 10.6. The summed E-state index contributed by atoms with van der Waals surface area (Å²) in [7, 11) is 1.61. The summed E-state index contributed by atoms with van der Waals surface area (Å²) in [5.74, 6) is 0.254. The number of carbonyl (C=O) groups is 2. The molecule has 4 rings (SSSR count). The van der Waals surface area contributed by atoms with Crippen molar-refractivity contribution in [2.45, 2.75) is 26.4 Å². The second-order valence-electron chi connectivity index (χ2n) is 7.42. The van der Waals surface area contributed by atoms with Crippen LogP contribution in [-0.2, 0) is 24.2 Å². The number of carbonyl (C=O) groups excluding carboxylic acids is 2. The lowest BCUT2D eigenvalue weighted by atomic mass is 10.0. The van der Waals surface area contributed by atoms with Gasteiger partial charge in [0.25, 0.3) is 0 Å². The van der Waals surface area contributed by atoms with Crippen molar-refractivity contribution in [3.05, 3.63) is 77.1 Å². The number of methoxy groups -OCH3 is 1. The topological polar surface area (TPSA) is 85.7 Å². The van der Waals surface area contributed by atoms with Crippen LogP contribution in [0.3, 0.4) is 0 Å². The van der Waals surface area contributed by atoms with Crippen LogP contribution in [0.5, 0.6) is 5.75 Å². The summed E-state index contributed by atoms with van der Waals surface area (Å²) in [5.41, 5.74) is 3.72. The molecule has 0 aliphatic carbocycles. The fourth-order valence-corrected chi connectivity index (χ4v) is 3.78. The molecule has 0 spiro atoms. The van der Waals surface area contributed by atoms with Gasteiger partial charge in [0.2, 0.25) is 0 Å². The average Bonchev–Trinajstić information content (AvgIpc) is 3.22. The highest BCUT2D eigenvalue weighted by Crippen LogP contribution is 2.27. The molecular formula is C24H26N4O4. The molecule has 2 amide bonds. The van der Waals surface area contributed by atoms with Gasteiger partial charge in [0, 0.05) is 25.1 Å². The van der Waals surface area contributed by atoms with E-state index in [0.717, 1.165) is 28.3 Å². The lowest BCUT2D eigenvalue weighted by Gasteiger charge is -2.28. The van der Waals surface area contributed by atoms with Crippen molar-refractivity contribution in [1.29, 1.82) is 0 Å². The molecule has 166 valence electrons. The normalized spacial score (nSPS) is 12.8. The Kier molecular flexibility index (Phi) is 6.39. The van der Waals surface area contributed by atoms with Gasteiger partial charge in [-0.2, -0.15) is 5.10 Å². The van der Waals surface area contributed by atoms with Crippen LogP contribution in [0.1, 0.15) is 34.2 Å². The van der Waals surface area contributed by atoms with Crippen molar-refractivity contribution in [2.75, 3.05) is 20.3 Å². The van der Waals surface area contributed by atoms with Gasteiger partial charge in [0.15, 0.2) is 5.69 Å². The summed E-state index contributed by atoms with van der Waals surface area (Å²) in [6.07, 6.45) is 0.576. The summed E-state index contributed by atoms with van der Waals surface area (Å²) < 4.78 is 12.2. The third-order valence-electron chi connectivity index (χ3n) is 5.42. The molecule has 0 fully saturated rings. The van der Waals surface area contributed by atoms with Gasteiger partial charge in [0.05, 0.1) is 31.6 Å². The predicted molar refractivity (Wildman–Crippen MR) is 119 cm³/mol. The van der Waals surface area contributed by atoms with E-state index in [-0.39, 0.29) is 18.3 Å². The monoisotopic (exact) mass is 434 g/mol. The summed E-state index contributed by atoms with van der Waals surface area (Å²) >= 11 is 0. The Morgan fingerprint density at radius 3 is 2.53 bits per heavy atom. The number of fused-ring (bicyclic) bond motifs is 1. The zero-order chi connectivity index (χ0) is 22.5. The minimum absolute atomic E-state index is 0.175. The van der Waals surface area contributed by atoms with Crippen LogP contribution in [0.25, 0.3) is 5.69 Å². The first kappa shape index (κ1) is 21.4. The maximum Gasteiger partial charge on any atom is 0.359 e. The van der Waals surface area contributed by atoms with Crippen LogP contribution in [0.15, 0.2) is 54.6 Å². The maximum absolute atomic E-state index is 12.8. The van der Waals surface area contributed by atoms with Crippen molar-refractivity contribution in [2.24, 2.45) is 0 Å². The van der Waals surface area contributed by atoms with Crippen LogP contribution in [0.4, 0.5) is 4.79 Å². The lowest BCUT2D eigenvalue weighted by molar-refractivity contribution is 0.0516. The molecule has 1 aliphatic rings. The Labute approximate surface area is 186 Å². The van der Waals surface area contributed by atoms with E-state index in [9.17, 15) is 9.59 Å². The molecule has 2 heterocycles. The molecule has 0 saturated carbocycles. The fraction of sp³-hybridized carbons (Fsp3) is 0.292. The van der Waals surface area contributed by atoms with E-state index in [0.29, 0.717) is 26.1 Å². The Morgan fingerprint density at radius 2 is 1.84 bits per heavy atom. The number of esters is 1. The Morgan fingerprint density at radius 1 is 1.09 bits per heavy atom. The highest BCUT2D eigenvalue weighted by atomic mass is 16.5. The van der Waals surface area contributed by atoms with Crippen LogP contribution in [0, 0.1) is 0 Å². The summed E-state index contributed by atoms with van der Waals surface area (Å²) in [6.45, 7) is 3.27. The van der Waals surface area contributed by atoms with Crippen LogP contribution >= 0.6 is 0 Å². The number of urea groups is 1. The Balaban J connectivity index is 1.58. The highest BCUT2D eigenvalue weighted by Gasteiger charge is 2.31. The van der Waals surface area contributed by atoms with Gasteiger partial charge in [-0.05, 0) is 36.8 Å². The zero-order valence-electron chi connectivity index (χ0n) is 18.2. The molecule has 1 aromatic heterocycles. The van der Waals surface area contributed by atoms with Gasteiger partial charge < -0.3 is 19.7 Å². The molecule has 0 unspecified atom stereocenters. The van der Waals surface area contributed by atoms with Crippen molar-refractivity contribution in [3.8, 4) is 11.4 Å². The molecule has 0 bridgehead atoms. The van der Waals surface area contributed by atoms with Crippen molar-refractivity contribution in [1.82, 2.24) is 20.0 Å². The lowest BCUT2D eigenvalue weighted by Crippen LogP contribution is -2.42. The minimum Gasteiger partial charge on any atom is -0.497 e. The number of benzene rings is 2. The SMILES string of the molecule is CCOC(=O)c1nn(-c2ccc(OC)cc2)c2c1CN(C(=O)NCc1ccccc1)CC2. The number of amides is 2. The van der Waals surface area contributed by atoms with Crippen LogP contribution in [0.2, 0.25) is 0 Å². The molecular weight excluding hydrogens is 408 g/mol. The average molecular weight is 434 g/mol. The van der Waals surface area contributed by atoms with Gasteiger partial charge in [-0.25, -0.2) is 14.3 Å². The van der Waals surface area contributed by atoms with E-state index >= 15 is 0 Å². The second-order valence-corrected chi connectivity index (χ2v) is 7.42. The van der Waals surface area contributed by atoms with E-state index < -0.39 is 5.97 Å². The summed E-state index contributed by atoms with van der Waals surface area (Å²) in [4.78, 5) is 27.1.